The second-order valence-corrected chi connectivity index (χ2v) is 20.5. The molecule has 0 saturated carbocycles. The van der Waals surface area contributed by atoms with Crippen LogP contribution in [0.1, 0.15) is 71.7 Å². The van der Waals surface area contributed by atoms with E-state index in [0.717, 1.165) is 0 Å². The molecule has 3 N–H and O–H groups in total. The molecule has 0 saturated heterocycles. The van der Waals surface area contributed by atoms with Gasteiger partial charge in [-0.2, -0.15) is 19.1 Å². The Hall–Kier alpha value is -4.54. The van der Waals surface area contributed by atoms with E-state index in [1.54, 1.807) is 42.5 Å². The normalized spacial score (nSPS) is 17.6. The number of aromatic nitrogens is 6. The van der Waals surface area contributed by atoms with Gasteiger partial charge in [0, 0.05) is 17.3 Å². The van der Waals surface area contributed by atoms with E-state index in [-0.39, 0.29) is 29.8 Å². The van der Waals surface area contributed by atoms with Crippen molar-refractivity contribution in [3.63, 3.8) is 0 Å². The van der Waals surface area contributed by atoms with Crippen LogP contribution >= 0.6 is 11.6 Å². The molecule has 1 aliphatic rings. The number of hydrogen-bond acceptors (Lipinski definition) is 8. The molecular formula is C34H42ClF2N9O4Si. The molecular weight excluding hydrogens is 700 g/mol. The quantitative estimate of drug-likeness (QED) is 0.140. The zero-order chi connectivity index (χ0) is 37.5. The Kier molecular flexibility index (Phi) is 10.3. The van der Waals surface area contributed by atoms with Gasteiger partial charge in [-0.1, -0.05) is 83.5 Å². The summed E-state index contributed by atoms with van der Waals surface area (Å²) in [7, 11) is -2.42. The number of nitrogens with one attached hydrogen (secondary N) is 2. The molecule has 3 heterocycles. The number of nitrogens with zero attached hydrogens (tertiary/aromatic N) is 7. The van der Waals surface area contributed by atoms with E-state index in [0.29, 0.717) is 37.5 Å². The number of alkyl halides is 2. The van der Waals surface area contributed by atoms with E-state index in [1.807, 2.05) is 20.8 Å². The standard InChI is InChI=1S/C34H42ClF2N9O4Si/c1-32(2,3)19-34(23-12-9-20(10-13-23)22-16-38-45(17-22)29(36)37)28(47)46(30(40-34)39-31(48)49)26(18-50-51(7,8)33(4,5)6)21-11-14-25(35)24(15-21)27-41-43-44-42-27/h9-17,26,29H,18-19H2,1-8H3,(H,39,40)(H,48,49)(H,41,42,43,44)/t26-,34-/m1/s1. The molecule has 2 atom stereocenters. The molecule has 2 amide bonds. The third-order valence-electron chi connectivity index (χ3n) is 9.28. The summed E-state index contributed by atoms with van der Waals surface area (Å²) in [6.45, 7) is 13.6. The van der Waals surface area contributed by atoms with Crippen molar-refractivity contribution in [1.29, 1.82) is 0 Å². The molecule has 0 bridgehead atoms. The Morgan fingerprint density at radius 2 is 1.78 bits per heavy atom. The third-order valence-corrected chi connectivity index (χ3v) is 14.1. The van der Waals surface area contributed by atoms with Crippen LogP contribution in [0, 0.1) is 5.41 Å². The van der Waals surface area contributed by atoms with Crippen molar-refractivity contribution < 1.29 is 27.9 Å². The second kappa shape index (κ2) is 13.9. The summed E-state index contributed by atoms with van der Waals surface area (Å²) in [5.41, 5.74) is 0.535. The summed E-state index contributed by atoms with van der Waals surface area (Å²) in [6.07, 6.45) is 1.37. The van der Waals surface area contributed by atoms with Gasteiger partial charge >= 0.3 is 12.6 Å². The molecule has 0 unspecified atom stereocenters. The number of carbonyl (C=O) groups is 2. The van der Waals surface area contributed by atoms with Gasteiger partial charge in [-0.05, 0) is 64.0 Å². The molecule has 1 aliphatic heterocycles. The minimum atomic E-state index is -2.79. The highest BCUT2D eigenvalue weighted by molar-refractivity contribution is 6.74. The minimum Gasteiger partial charge on any atom is -0.465 e. The average molecular weight is 742 g/mol. The molecule has 0 radical (unpaired) electrons. The highest BCUT2D eigenvalue weighted by Crippen LogP contribution is 2.46. The van der Waals surface area contributed by atoms with Crippen LogP contribution in [-0.4, -0.2) is 73.3 Å². The second-order valence-electron chi connectivity index (χ2n) is 15.3. The number of carboxylic acid groups (broad SMARTS) is 1. The lowest BCUT2D eigenvalue weighted by molar-refractivity contribution is -0.135. The molecule has 2 aromatic carbocycles. The lowest BCUT2D eigenvalue weighted by atomic mass is 9.75. The number of halogens is 3. The molecule has 0 aliphatic carbocycles. The predicted molar refractivity (Wildman–Crippen MR) is 191 cm³/mol. The number of H-pyrrole nitrogens is 1. The number of guanidine groups is 1. The van der Waals surface area contributed by atoms with Crippen LogP contribution in [-0.2, 0) is 14.8 Å². The number of tetrazole rings is 1. The van der Waals surface area contributed by atoms with Crippen molar-refractivity contribution in [2.75, 3.05) is 6.61 Å². The number of aromatic amines is 1. The van der Waals surface area contributed by atoms with Crippen LogP contribution in [0.3, 0.4) is 0 Å². The lowest BCUT2D eigenvalue weighted by Gasteiger charge is -2.39. The van der Waals surface area contributed by atoms with Crippen molar-refractivity contribution in [2.45, 2.75) is 84.2 Å². The highest BCUT2D eigenvalue weighted by atomic mass is 35.5. The zero-order valence-electron chi connectivity index (χ0n) is 29.7. The fourth-order valence-electron chi connectivity index (χ4n) is 5.78. The van der Waals surface area contributed by atoms with Crippen molar-refractivity contribution in [3.05, 3.63) is 71.0 Å². The first-order valence-corrected chi connectivity index (χ1v) is 19.5. The van der Waals surface area contributed by atoms with Crippen LogP contribution in [0.5, 0.6) is 0 Å². The van der Waals surface area contributed by atoms with Gasteiger partial charge < -0.3 is 9.53 Å². The van der Waals surface area contributed by atoms with Crippen molar-refractivity contribution >= 4 is 37.9 Å². The first kappa shape index (κ1) is 37.7. The summed E-state index contributed by atoms with van der Waals surface area (Å²) in [5, 5.41) is 30.5. The Bertz CT molecular complexity index is 1920. The Morgan fingerprint density at radius 1 is 1.10 bits per heavy atom. The topological polar surface area (TPSA) is 164 Å². The Balaban J connectivity index is 1.66. The van der Waals surface area contributed by atoms with E-state index in [9.17, 15) is 18.7 Å². The van der Waals surface area contributed by atoms with Gasteiger partial charge in [0.1, 0.15) is 0 Å². The lowest BCUT2D eigenvalue weighted by Crippen LogP contribution is -2.51. The van der Waals surface area contributed by atoms with Gasteiger partial charge in [-0.25, -0.2) is 14.5 Å². The van der Waals surface area contributed by atoms with E-state index in [4.69, 9.17) is 21.0 Å². The van der Waals surface area contributed by atoms with E-state index in [1.165, 1.54) is 17.3 Å². The van der Waals surface area contributed by atoms with Crippen LogP contribution < -0.4 is 5.32 Å². The largest absolute Gasteiger partial charge is 0.465 e. The first-order chi connectivity index (χ1) is 23.7. The summed E-state index contributed by atoms with van der Waals surface area (Å²) in [5.74, 6) is -0.407. The third kappa shape index (κ3) is 7.87. The maximum absolute atomic E-state index is 15.2. The first-order valence-electron chi connectivity index (χ1n) is 16.3. The number of rotatable bonds is 10. The van der Waals surface area contributed by atoms with Crippen LogP contribution in [0.15, 0.2) is 59.9 Å². The van der Waals surface area contributed by atoms with E-state index in [2.05, 4.69) is 64.9 Å². The number of carbonyl (C=O) groups excluding carboxylic acids is 1. The molecule has 0 spiro atoms. The van der Waals surface area contributed by atoms with Gasteiger partial charge in [-0.3, -0.25) is 15.0 Å². The molecule has 2 aromatic heterocycles. The molecule has 13 nitrogen and oxygen atoms in total. The summed E-state index contributed by atoms with van der Waals surface area (Å²) in [6, 6.07) is 11.1. The number of benzene rings is 2. The summed E-state index contributed by atoms with van der Waals surface area (Å²) < 4.78 is 33.7. The maximum atomic E-state index is 15.2. The smallest absolute Gasteiger partial charge is 0.411 e. The fraction of sp³-hybridized carbons (Fsp3) is 0.441. The van der Waals surface area contributed by atoms with Crippen LogP contribution in [0.2, 0.25) is 23.2 Å². The van der Waals surface area contributed by atoms with Gasteiger partial charge in [0.2, 0.25) is 11.8 Å². The predicted octanol–water partition coefficient (Wildman–Crippen LogP) is 7.64. The zero-order valence-corrected chi connectivity index (χ0v) is 31.5. The van der Waals surface area contributed by atoms with Crippen molar-refractivity contribution in [3.8, 4) is 22.5 Å². The van der Waals surface area contributed by atoms with Crippen molar-refractivity contribution in [2.24, 2.45) is 10.4 Å². The fourth-order valence-corrected chi connectivity index (χ4v) is 6.99. The molecule has 51 heavy (non-hydrogen) atoms. The number of aliphatic imine (C=N–C) groups is 1. The van der Waals surface area contributed by atoms with Crippen molar-refractivity contribution in [1.82, 2.24) is 40.6 Å². The number of amides is 2. The molecule has 17 heteroatoms. The van der Waals surface area contributed by atoms with E-state index >= 15 is 4.79 Å². The van der Waals surface area contributed by atoms with Gasteiger partial charge in [0.05, 0.1) is 23.9 Å². The van der Waals surface area contributed by atoms with Crippen LogP contribution in [0.25, 0.3) is 22.5 Å². The van der Waals surface area contributed by atoms with Gasteiger partial charge in [-0.15, -0.1) is 10.2 Å². The molecule has 4 aromatic rings. The highest BCUT2D eigenvalue weighted by Gasteiger charge is 2.54. The number of hydrogen-bond donors (Lipinski definition) is 3. The van der Waals surface area contributed by atoms with Gasteiger partial charge in [0.25, 0.3) is 5.91 Å². The maximum Gasteiger partial charge on any atom is 0.411 e. The SMILES string of the molecule is CC(C)(C)C[C@]1(c2ccc(-c3cnn(C(F)F)c3)cc2)N=C(NC(=O)O)N([C@H](CO[Si](C)(C)C(C)(C)C)c2ccc(Cl)c(-c3nn[nH]n3)c2)C1=O. The summed E-state index contributed by atoms with van der Waals surface area (Å²) >= 11 is 6.58. The van der Waals surface area contributed by atoms with Gasteiger partial charge in [0.15, 0.2) is 13.9 Å². The Morgan fingerprint density at radius 3 is 2.33 bits per heavy atom. The van der Waals surface area contributed by atoms with Crippen LogP contribution in [0.4, 0.5) is 13.6 Å². The summed E-state index contributed by atoms with van der Waals surface area (Å²) in [4.78, 5) is 33.8. The van der Waals surface area contributed by atoms with E-state index < -0.39 is 43.9 Å². The minimum absolute atomic E-state index is 0.00846. The Labute approximate surface area is 300 Å². The molecule has 5 rings (SSSR count). The average Bonchev–Trinajstić information content (AvgIpc) is 3.79. The molecule has 272 valence electrons. The monoisotopic (exact) mass is 741 g/mol. The molecule has 0 fully saturated rings.